The van der Waals surface area contributed by atoms with Gasteiger partial charge in [-0.1, -0.05) is 18.2 Å². The summed E-state index contributed by atoms with van der Waals surface area (Å²) in [6.45, 7) is 5.51. The molecule has 0 spiro atoms. The zero-order valence-corrected chi connectivity index (χ0v) is 15.1. The highest BCUT2D eigenvalue weighted by Gasteiger charge is 2.25. The summed E-state index contributed by atoms with van der Waals surface area (Å²) in [5.41, 5.74) is 0.604. The van der Waals surface area contributed by atoms with Gasteiger partial charge in [0.05, 0.1) is 23.6 Å². The first kappa shape index (κ1) is 17.6. The lowest BCUT2D eigenvalue weighted by molar-refractivity contribution is 0.0621. The predicted octanol–water partition coefficient (Wildman–Crippen LogP) is 2.79. The van der Waals surface area contributed by atoms with Gasteiger partial charge in [0.1, 0.15) is 5.75 Å². The van der Waals surface area contributed by atoms with Crippen LogP contribution in [0.2, 0.25) is 0 Å². The number of para-hydroxylation sites is 1. The largest absolute Gasteiger partial charge is 0.493 e. The first-order valence-electron chi connectivity index (χ1n) is 8.49. The summed E-state index contributed by atoms with van der Waals surface area (Å²) in [6, 6.07) is 11.1. The van der Waals surface area contributed by atoms with E-state index in [0.717, 1.165) is 4.88 Å². The summed E-state index contributed by atoms with van der Waals surface area (Å²) in [5, 5.41) is 1.92. The third-order valence-corrected chi connectivity index (χ3v) is 5.15. The van der Waals surface area contributed by atoms with Crippen LogP contribution in [0.3, 0.4) is 0 Å². The quantitative estimate of drug-likeness (QED) is 0.745. The minimum Gasteiger partial charge on any atom is -0.493 e. The van der Waals surface area contributed by atoms with Crippen LogP contribution in [0.1, 0.15) is 27.0 Å². The molecule has 1 saturated heterocycles. The number of rotatable bonds is 6. The molecule has 1 aliphatic heterocycles. The number of thiophene rings is 1. The molecule has 3 rings (SSSR count). The average Bonchev–Trinajstić information content (AvgIpc) is 3.17. The van der Waals surface area contributed by atoms with E-state index in [1.807, 2.05) is 47.5 Å². The molecule has 2 aromatic rings. The van der Waals surface area contributed by atoms with E-state index in [9.17, 15) is 9.59 Å². The summed E-state index contributed by atoms with van der Waals surface area (Å²) in [7, 11) is 0. The Kier molecular flexibility index (Phi) is 5.83. The molecule has 1 amide bonds. The number of piperazine rings is 1. The minimum atomic E-state index is -0.00622. The van der Waals surface area contributed by atoms with Crippen molar-refractivity contribution in [3.05, 3.63) is 52.2 Å². The fourth-order valence-electron chi connectivity index (χ4n) is 2.92. The second-order valence-electron chi connectivity index (χ2n) is 5.90. The molecule has 0 aliphatic carbocycles. The van der Waals surface area contributed by atoms with Gasteiger partial charge in [0.25, 0.3) is 5.91 Å². The summed E-state index contributed by atoms with van der Waals surface area (Å²) in [6.07, 6.45) is 0. The Morgan fingerprint density at radius 1 is 1.08 bits per heavy atom. The maximum atomic E-state index is 12.8. The third kappa shape index (κ3) is 4.27. The average molecular weight is 358 g/mol. The van der Waals surface area contributed by atoms with Crippen LogP contribution in [0.15, 0.2) is 41.8 Å². The van der Waals surface area contributed by atoms with E-state index >= 15 is 0 Å². The molecular formula is C19H22N2O3S. The van der Waals surface area contributed by atoms with Gasteiger partial charge in [-0.05, 0) is 30.5 Å². The summed E-state index contributed by atoms with van der Waals surface area (Å²) >= 11 is 1.47. The number of ether oxygens (including phenoxy) is 1. The van der Waals surface area contributed by atoms with Crippen LogP contribution in [0.25, 0.3) is 0 Å². The Morgan fingerprint density at radius 2 is 1.84 bits per heavy atom. The highest BCUT2D eigenvalue weighted by molar-refractivity contribution is 7.12. The maximum absolute atomic E-state index is 12.8. The Morgan fingerprint density at radius 3 is 2.52 bits per heavy atom. The fraction of sp³-hybridized carbons (Fsp3) is 0.368. The third-order valence-electron chi connectivity index (χ3n) is 4.24. The van der Waals surface area contributed by atoms with Crippen LogP contribution in [0, 0.1) is 0 Å². The molecule has 5 nitrogen and oxygen atoms in total. The zero-order chi connectivity index (χ0) is 17.6. The number of Topliss-reactive ketones (excluding diaryl/α,β-unsaturated/α-hetero) is 1. The summed E-state index contributed by atoms with van der Waals surface area (Å²) in [4.78, 5) is 29.7. The van der Waals surface area contributed by atoms with Gasteiger partial charge in [-0.3, -0.25) is 14.5 Å². The van der Waals surface area contributed by atoms with E-state index in [4.69, 9.17) is 4.74 Å². The second kappa shape index (κ2) is 8.27. The molecule has 1 aromatic heterocycles. The molecule has 25 heavy (non-hydrogen) atoms. The van der Waals surface area contributed by atoms with E-state index in [1.165, 1.54) is 11.3 Å². The van der Waals surface area contributed by atoms with Gasteiger partial charge in [0, 0.05) is 26.2 Å². The van der Waals surface area contributed by atoms with Crippen molar-refractivity contribution < 1.29 is 14.3 Å². The molecule has 132 valence electrons. The number of carbonyl (C=O) groups is 2. The van der Waals surface area contributed by atoms with Crippen molar-refractivity contribution >= 4 is 23.0 Å². The number of benzene rings is 1. The van der Waals surface area contributed by atoms with E-state index < -0.39 is 0 Å². The molecule has 0 atom stereocenters. The first-order valence-corrected chi connectivity index (χ1v) is 9.37. The Balaban J connectivity index is 1.57. The molecule has 0 N–H and O–H groups in total. The molecule has 2 heterocycles. The fourth-order valence-corrected chi connectivity index (χ4v) is 3.58. The second-order valence-corrected chi connectivity index (χ2v) is 6.85. The number of nitrogens with zero attached hydrogens (tertiary/aromatic N) is 2. The Bertz CT molecular complexity index is 722. The van der Waals surface area contributed by atoms with Crippen molar-refractivity contribution in [2.45, 2.75) is 6.92 Å². The van der Waals surface area contributed by atoms with Gasteiger partial charge < -0.3 is 9.64 Å². The van der Waals surface area contributed by atoms with Crippen molar-refractivity contribution in [3.63, 3.8) is 0 Å². The lowest BCUT2D eigenvalue weighted by Crippen LogP contribution is -2.49. The van der Waals surface area contributed by atoms with E-state index in [2.05, 4.69) is 4.90 Å². The van der Waals surface area contributed by atoms with Crippen LogP contribution < -0.4 is 4.74 Å². The smallest absolute Gasteiger partial charge is 0.257 e. The molecular weight excluding hydrogens is 336 g/mol. The number of ketones is 1. The van der Waals surface area contributed by atoms with Crippen LogP contribution in [0.4, 0.5) is 0 Å². The standard InChI is InChI=1S/C19H22N2O3S/c1-2-24-17-7-4-3-6-15(17)19(23)21-11-9-20(10-12-21)14-16(22)18-8-5-13-25-18/h3-8,13H,2,9-12,14H2,1H3. The molecule has 1 aromatic carbocycles. The predicted molar refractivity (Wildman–Crippen MR) is 98.6 cm³/mol. The molecule has 1 aliphatic rings. The van der Waals surface area contributed by atoms with Gasteiger partial charge >= 0.3 is 0 Å². The SMILES string of the molecule is CCOc1ccccc1C(=O)N1CCN(CC(=O)c2cccs2)CC1. The highest BCUT2D eigenvalue weighted by Crippen LogP contribution is 2.21. The zero-order valence-electron chi connectivity index (χ0n) is 14.3. The lowest BCUT2D eigenvalue weighted by atomic mass is 10.1. The number of carbonyl (C=O) groups excluding carboxylic acids is 2. The molecule has 0 unspecified atom stereocenters. The Hall–Kier alpha value is -2.18. The molecule has 0 saturated carbocycles. The van der Waals surface area contributed by atoms with Crippen molar-refractivity contribution in [3.8, 4) is 5.75 Å². The highest BCUT2D eigenvalue weighted by atomic mass is 32.1. The van der Waals surface area contributed by atoms with Gasteiger partial charge in [-0.15, -0.1) is 11.3 Å². The number of hydrogen-bond acceptors (Lipinski definition) is 5. The summed E-state index contributed by atoms with van der Waals surface area (Å²) < 4.78 is 5.56. The van der Waals surface area contributed by atoms with Crippen LogP contribution >= 0.6 is 11.3 Å². The summed E-state index contributed by atoms with van der Waals surface area (Å²) in [5.74, 6) is 0.773. The number of amides is 1. The first-order chi connectivity index (χ1) is 12.2. The van der Waals surface area contributed by atoms with Gasteiger partial charge in [-0.25, -0.2) is 0 Å². The van der Waals surface area contributed by atoms with Crippen molar-refractivity contribution in [1.82, 2.24) is 9.80 Å². The van der Waals surface area contributed by atoms with Crippen LogP contribution in [-0.2, 0) is 0 Å². The monoisotopic (exact) mass is 358 g/mol. The van der Waals surface area contributed by atoms with Crippen molar-refractivity contribution in [1.29, 1.82) is 0 Å². The normalized spacial score (nSPS) is 15.2. The van der Waals surface area contributed by atoms with E-state index in [0.29, 0.717) is 50.6 Å². The molecule has 6 heteroatoms. The maximum Gasteiger partial charge on any atom is 0.257 e. The topological polar surface area (TPSA) is 49.9 Å². The lowest BCUT2D eigenvalue weighted by Gasteiger charge is -2.34. The molecule has 0 radical (unpaired) electrons. The van der Waals surface area contributed by atoms with Crippen LogP contribution in [-0.4, -0.2) is 60.8 Å². The Labute approximate surface area is 151 Å². The molecule has 0 bridgehead atoms. The van der Waals surface area contributed by atoms with Crippen LogP contribution in [0.5, 0.6) is 5.75 Å². The molecule has 1 fully saturated rings. The number of hydrogen-bond donors (Lipinski definition) is 0. The van der Waals surface area contributed by atoms with Gasteiger partial charge in [0.15, 0.2) is 5.78 Å². The van der Waals surface area contributed by atoms with Crippen molar-refractivity contribution in [2.75, 3.05) is 39.3 Å². The van der Waals surface area contributed by atoms with Crippen molar-refractivity contribution in [2.24, 2.45) is 0 Å². The van der Waals surface area contributed by atoms with E-state index in [-0.39, 0.29) is 11.7 Å². The van der Waals surface area contributed by atoms with Gasteiger partial charge in [-0.2, -0.15) is 0 Å². The minimum absolute atomic E-state index is 0.00622. The van der Waals surface area contributed by atoms with E-state index in [1.54, 1.807) is 6.07 Å². The van der Waals surface area contributed by atoms with Gasteiger partial charge in [0.2, 0.25) is 0 Å².